The van der Waals surface area contributed by atoms with E-state index < -0.39 is 4.92 Å². The van der Waals surface area contributed by atoms with Crippen LogP contribution >= 0.6 is 0 Å². The van der Waals surface area contributed by atoms with Crippen molar-refractivity contribution in [2.45, 2.75) is 27.2 Å². The Balaban J connectivity index is 3.45. The van der Waals surface area contributed by atoms with Crippen LogP contribution in [-0.2, 0) is 6.42 Å². The van der Waals surface area contributed by atoms with Crippen molar-refractivity contribution in [2.75, 3.05) is 6.61 Å². The van der Waals surface area contributed by atoms with Gasteiger partial charge < -0.3 is 4.74 Å². The van der Waals surface area contributed by atoms with Gasteiger partial charge in [-0.3, -0.25) is 14.9 Å². The highest BCUT2D eigenvalue weighted by Crippen LogP contribution is 2.30. The molecule has 0 N–H and O–H groups in total. The van der Waals surface area contributed by atoms with Crippen LogP contribution in [0.15, 0.2) is 12.1 Å². The lowest BCUT2D eigenvalue weighted by Gasteiger charge is -2.09. The Bertz CT molecular complexity index is 454. The molecular weight excluding hydrogens is 222 g/mol. The number of carbonyl (C=O) groups is 1. The zero-order valence-electron chi connectivity index (χ0n) is 10.1. The molecule has 0 atom stereocenters. The van der Waals surface area contributed by atoms with Crippen LogP contribution in [0.25, 0.3) is 0 Å². The number of hydrogen-bond donors (Lipinski definition) is 0. The summed E-state index contributed by atoms with van der Waals surface area (Å²) in [6, 6.07) is 3.05. The SMILES string of the molecule is CCOc1cc(CC)c([N+](=O)[O-])c(C(C)=O)c1. The molecule has 17 heavy (non-hydrogen) atoms. The second-order valence-corrected chi connectivity index (χ2v) is 3.58. The van der Waals surface area contributed by atoms with Crippen molar-refractivity contribution in [3.05, 3.63) is 33.4 Å². The average Bonchev–Trinajstić information content (AvgIpc) is 2.27. The number of nitro benzene ring substituents is 1. The van der Waals surface area contributed by atoms with E-state index in [9.17, 15) is 14.9 Å². The van der Waals surface area contributed by atoms with Gasteiger partial charge >= 0.3 is 0 Å². The van der Waals surface area contributed by atoms with Crippen LogP contribution in [-0.4, -0.2) is 17.3 Å². The van der Waals surface area contributed by atoms with Crippen molar-refractivity contribution >= 4 is 11.5 Å². The van der Waals surface area contributed by atoms with Crippen molar-refractivity contribution in [1.82, 2.24) is 0 Å². The molecule has 0 aliphatic carbocycles. The van der Waals surface area contributed by atoms with E-state index in [-0.39, 0.29) is 17.0 Å². The third-order valence-corrected chi connectivity index (χ3v) is 2.42. The fourth-order valence-corrected chi connectivity index (χ4v) is 1.67. The standard InChI is InChI=1S/C12H15NO4/c1-4-9-6-10(17-5-2)7-11(8(3)14)12(9)13(15)16/h6-7H,4-5H2,1-3H3. The van der Waals surface area contributed by atoms with Gasteiger partial charge in [0.1, 0.15) is 5.75 Å². The van der Waals surface area contributed by atoms with Gasteiger partial charge in [0.25, 0.3) is 5.69 Å². The van der Waals surface area contributed by atoms with Crippen LogP contribution in [0.1, 0.15) is 36.7 Å². The number of carbonyl (C=O) groups excluding carboxylic acids is 1. The molecule has 0 fully saturated rings. The van der Waals surface area contributed by atoms with Crippen molar-refractivity contribution in [1.29, 1.82) is 0 Å². The second-order valence-electron chi connectivity index (χ2n) is 3.58. The van der Waals surface area contributed by atoms with Crippen LogP contribution in [0.2, 0.25) is 0 Å². The number of aryl methyl sites for hydroxylation is 1. The molecule has 0 unspecified atom stereocenters. The summed E-state index contributed by atoms with van der Waals surface area (Å²) in [4.78, 5) is 21.9. The van der Waals surface area contributed by atoms with Gasteiger partial charge in [0, 0.05) is 5.56 Å². The molecule has 0 saturated heterocycles. The fraction of sp³-hybridized carbons (Fsp3) is 0.417. The third-order valence-electron chi connectivity index (χ3n) is 2.42. The lowest BCUT2D eigenvalue weighted by atomic mass is 10.0. The maximum Gasteiger partial charge on any atom is 0.283 e. The van der Waals surface area contributed by atoms with Gasteiger partial charge in [0.05, 0.1) is 17.1 Å². The zero-order chi connectivity index (χ0) is 13.0. The summed E-state index contributed by atoms with van der Waals surface area (Å²) in [6.45, 7) is 5.40. The molecule has 0 heterocycles. The number of nitro groups is 1. The van der Waals surface area contributed by atoms with Crippen molar-refractivity contribution in [3.63, 3.8) is 0 Å². The lowest BCUT2D eigenvalue weighted by Crippen LogP contribution is -2.05. The van der Waals surface area contributed by atoms with E-state index in [1.54, 1.807) is 6.07 Å². The molecular formula is C12H15NO4. The minimum atomic E-state index is -0.509. The average molecular weight is 237 g/mol. The molecule has 0 saturated carbocycles. The predicted octanol–water partition coefficient (Wildman–Crippen LogP) is 2.76. The molecule has 1 aromatic rings. The zero-order valence-corrected chi connectivity index (χ0v) is 10.1. The summed E-state index contributed by atoms with van der Waals surface area (Å²) in [5, 5.41) is 11.0. The predicted molar refractivity (Wildman–Crippen MR) is 63.6 cm³/mol. The van der Waals surface area contributed by atoms with Gasteiger partial charge in [-0.15, -0.1) is 0 Å². The number of Topliss-reactive ketones (excluding diaryl/α,β-unsaturated/α-hetero) is 1. The largest absolute Gasteiger partial charge is 0.494 e. The highest BCUT2D eigenvalue weighted by atomic mass is 16.6. The van der Waals surface area contributed by atoms with E-state index >= 15 is 0 Å². The molecule has 0 aromatic heterocycles. The molecule has 0 aliphatic rings. The number of benzene rings is 1. The summed E-state index contributed by atoms with van der Waals surface area (Å²) in [6.07, 6.45) is 0.484. The normalized spacial score (nSPS) is 10.1. The van der Waals surface area contributed by atoms with Gasteiger partial charge in [-0.1, -0.05) is 6.92 Å². The van der Waals surface area contributed by atoms with E-state index in [0.29, 0.717) is 24.3 Å². The molecule has 0 spiro atoms. The Hall–Kier alpha value is -1.91. The summed E-state index contributed by atoms with van der Waals surface area (Å²) in [5.41, 5.74) is 0.521. The van der Waals surface area contributed by atoms with Gasteiger partial charge in [-0.2, -0.15) is 0 Å². The minimum Gasteiger partial charge on any atom is -0.494 e. The van der Waals surface area contributed by atoms with Crippen LogP contribution in [0.5, 0.6) is 5.75 Å². The molecule has 5 nitrogen and oxygen atoms in total. The quantitative estimate of drug-likeness (QED) is 0.448. The van der Waals surface area contributed by atoms with Crippen molar-refractivity contribution in [3.8, 4) is 5.75 Å². The van der Waals surface area contributed by atoms with E-state index in [4.69, 9.17) is 4.74 Å². The molecule has 0 bridgehead atoms. The third kappa shape index (κ3) is 2.81. The highest BCUT2D eigenvalue weighted by molar-refractivity contribution is 5.99. The Morgan fingerprint density at radius 1 is 1.41 bits per heavy atom. The van der Waals surface area contributed by atoms with E-state index in [1.165, 1.54) is 13.0 Å². The van der Waals surface area contributed by atoms with E-state index in [0.717, 1.165) is 0 Å². The van der Waals surface area contributed by atoms with Crippen LogP contribution in [0.3, 0.4) is 0 Å². The first kappa shape index (κ1) is 13.2. The minimum absolute atomic E-state index is 0.108. The van der Waals surface area contributed by atoms with Crippen LogP contribution < -0.4 is 4.74 Å². The number of hydrogen-bond acceptors (Lipinski definition) is 4. The van der Waals surface area contributed by atoms with Crippen molar-refractivity contribution in [2.24, 2.45) is 0 Å². The molecule has 0 amide bonds. The fourth-order valence-electron chi connectivity index (χ4n) is 1.67. The van der Waals surface area contributed by atoms with Gasteiger partial charge in [0.2, 0.25) is 0 Å². The van der Waals surface area contributed by atoms with Crippen LogP contribution in [0, 0.1) is 10.1 Å². The monoisotopic (exact) mass is 237 g/mol. The molecule has 0 aliphatic heterocycles. The smallest absolute Gasteiger partial charge is 0.283 e. The maximum atomic E-state index is 11.4. The first-order valence-electron chi connectivity index (χ1n) is 5.46. The number of ketones is 1. The van der Waals surface area contributed by atoms with Crippen LogP contribution in [0.4, 0.5) is 5.69 Å². The van der Waals surface area contributed by atoms with E-state index in [1.807, 2.05) is 13.8 Å². The van der Waals surface area contributed by atoms with E-state index in [2.05, 4.69) is 0 Å². The number of ether oxygens (including phenoxy) is 1. The molecule has 5 heteroatoms. The van der Waals surface area contributed by atoms with Crippen molar-refractivity contribution < 1.29 is 14.5 Å². The molecule has 92 valence electrons. The summed E-state index contributed by atoms with van der Waals surface area (Å²) in [5.74, 6) is 0.174. The topological polar surface area (TPSA) is 69.4 Å². The lowest BCUT2D eigenvalue weighted by molar-refractivity contribution is -0.385. The summed E-state index contributed by atoms with van der Waals surface area (Å²) in [7, 11) is 0. The Kier molecular flexibility index (Phi) is 4.20. The Labute approximate surface area is 99.5 Å². The van der Waals surface area contributed by atoms with Gasteiger partial charge in [-0.25, -0.2) is 0 Å². The first-order valence-corrected chi connectivity index (χ1v) is 5.46. The first-order chi connectivity index (χ1) is 8.01. The molecule has 0 radical (unpaired) electrons. The van der Waals surface area contributed by atoms with Gasteiger partial charge in [-0.05, 0) is 32.4 Å². The summed E-state index contributed by atoms with van der Waals surface area (Å²) >= 11 is 0. The molecule has 1 rings (SSSR count). The summed E-state index contributed by atoms with van der Waals surface area (Å²) < 4.78 is 5.30. The molecule has 1 aromatic carbocycles. The Morgan fingerprint density at radius 3 is 2.47 bits per heavy atom. The second kappa shape index (κ2) is 5.43. The van der Waals surface area contributed by atoms with Gasteiger partial charge in [0.15, 0.2) is 5.78 Å². The highest BCUT2D eigenvalue weighted by Gasteiger charge is 2.23. The Morgan fingerprint density at radius 2 is 2.06 bits per heavy atom. The number of nitrogens with zero attached hydrogens (tertiary/aromatic N) is 1. The number of rotatable bonds is 5. The maximum absolute atomic E-state index is 11.4.